The summed E-state index contributed by atoms with van der Waals surface area (Å²) in [5, 5.41) is 19.6. The number of benzene rings is 2. The van der Waals surface area contributed by atoms with Crippen molar-refractivity contribution in [3.8, 4) is 5.69 Å². The van der Waals surface area contributed by atoms with Crippen molar-refractivity contribution in [3.63, 3.8) is 0 Å². The highest BCUT2D eigenvalue weighted by Gasteiger charge is 2.30. The minimum Gasteiger partial charge on any atom is -0.477 e. The van der Waals surface area contributed by atoms with Crippen LogP contribution in [0.5, 0.6) is 0 Å². The fourth-order valence-electron chi connectivity index (χ4n) is 2.66. The van der Waals surface area contributed by atoms with E-state index in [1.54, 1.807) is 0 Å². The van der Waals surface area contributed by atoms with Crippen molar-refractivity contribution >= 4 is 28.2 Å². The summed E-state index contributed by atoms with van der Waals surface area (Å²) in [4.78, 5) is 33.6. The van der Waals surface area contributed by atoms with Gasteiger partial charge in [0.25, 0.3) is 0 Å². The maximum atomic E-state index is 14.3. The van der Waals surface area contributed by atoms with Gasteiger partial charge in [0.2, 0.25) is 11.2 Å². The summed E-state index contributed by atoms with van der Waals surface area (Å²) in [6, 6.07) is 1.22. The van der Waals surface area contributed by atoms with Gasteiger partial charge >= 0.3 is 11.7 Å². The monoisotopic (exact) mass is 397 g/mol. The smallest absolute Gasteiger partial charge is 0.341 e. The largest absolute Gasteiger partial charge is 0.477 e. The summed E-state index contributed by atoms with van der Waals surface area (Å²) in [6.07, 6.45) is 0.479. The van der Waals surface area contributed by atoms with Crippen LogP contribution in [-0.4, -0.2) is 20.6 Å². The van der Waals surface area contributed by atoms with Crippen LogP contribution in [0.4, 0.5) is 28.9 Å². The van der Waals surface area contributed by atoms with Crippen molar-refractivity contribution in [2.24, 2.45) is 0 Å². The Labute approximate surface area is 151 Å². The molecule has 0 bridgehead atoms. The average Bonchev–Trinajstić information content (AvgIpc) is 2.60. The van der Waals surface area contributed by atoms with E-state index >= 15 is 0 Å². The van der Waals surface area contributed by atoms with E-state index in [0.29, 0.717) is 22.9 Å². The topological polar surface area (TPSA) is 128 Å². The molecule has 144 valence electrons. The van der Waals surface area contributed by atoms with Crippen molar-refractivity contribution in [2.45, 2.75) is 0 Å². The lowest BCUT2D eigenvalue weighted by molar-refractivity contribution is -0.386. The molecule has 3 aromatic rings. The zero-order valence-corrected chi connectivity index (χ0v) is 13.4. The fourth-order valence-corrected chi connectivity index (χ4v) is 2.66. The van der Waals surface area contributed by atoms with Crippen molar-refractivity contribution in [1.29, 1.82) is 0 Å². The summed E-state index contributed by atoms with van der Waals surface area (Å²) in [6.45, 7) is 0. The van der Waals surface area contributed by atoms with Crippen LogP contribution in [0.3, 0.4) is 0 Å². The summed E-state index contributed by atoms with van der Waals surface area (Å²) in [5.41, 5.74) is -0.838. The Balaban J connectivity index is 2.66. The van der Waals surface area contributed by atoms with Crippen LogP contribution in [0.2, 0.25) is 0 Å². The Kier molecular flexibility index (Phi) is 4.26. The molecule has 0 aliphatic carbocycles. The van der Waals surface area contributed by atoms with Gasteiger partial charge in [-0.2, -0.15) is 4.39 Å². The number of halogens is 4. The van der Waals surface area contributed by atoms with Gasteiger partial charge in [0, 0.05) is 12.3 Å². The summed E-state index contributed by atoms with van der Waals surface area (Å²) < 4.78 is 56.1. The van der Waals surface area contributed by atoms with E-state index in [1.165, 1.54) is 0 Å². The van der Waals surface area contributed by atoms with Crippen LogP contribution in [0.25, 0.3) is 16.6 Å². The predicted molar refractivity (Wildman–Crippen MR) is 87.4 cm³/mol. The zero-order chi connectivity index (χ0) is 20.9. The number of nitrogen functional groups attached to an aromatic ring is 1. The highest BCUT2D eigenvalue weighted by Crippen LogP contribution is 2.33. The van der Waals surface area contributed by atoms with Crippen LogP contribution < -0.4 is 11.2 Å². The number of hydrogen-bond acceptors (Lipinski definition) is 5. The third-order valence-corrected chi connectivity index (χ3v) is 3.90. The molecule has 8 nitrogen and oxygen atoms in total. The second-order valence-electron chi connectivity index (χ2n) is 5.55. The molecule has 0 radical (unpaired) electrons. The molecular formula is C16H7F4N3O5. The maximum absolute atomic E-state index is 14.3. The van der Waals surface area contributed by atoms with Gasteiger partial charge < -0.3 is 15.4 Å². The zero-order valence-electron chi connectivity index (χ0n) is 13.4. The third kappa shape index (κ3) is 2.71. The minimum atomic E-state index is -1.95. The highest BCUT2D eigenvalue weighted by atomic mass is 19.2. The third-order valence-electron chi connectivity index (χ3n) is 3.90. The fraction of sp³-hybridized carbons (Fsp3) is 0. The van der Waals surface area contributed by atoms with Gasteiger partial charge in [0.15, 0.2) is 5.82 Å². The summed E-state index contributed by atoms with van der Waals surface area (Å²) in [5.74, 6) is -8.10. The molecule has 12 heteroatoms. The number of anilines is 1. The number of aromatic nitrogens is 1. The molecule has 0 saturated heterocycles. The first-order chi connectivity index (χ1) is 13.0. The van der Waals surface area contributed by atoms with Crippen LogP contribution in [-0.2, 0) is 0 Å². The maximum Gasteiger partial charge on any atom is 0.341 e. The summed E-state index contributed by atoms with van der Waals surface area (Å²) >= 11 is 0. The standard InChI is InChI=1S/C16H7F4N3O5/c17-7-2-8(18)11(3-10(7)21)22-4-6(16(25)26)15(24)5-1-9(19)12(20)14(13(5)22)23(27)28/h1-4H,21H2,(H,25,26). The van der Waals surface area contributed by atoms with Crippen LogP contribution in [0.1, 0.15) is 10.4 Å². The van der Waals surface area contributed by atoms with Crippen LogP contribution in [0, 0.1) is 33.4 Å². The quantitative estimate of drug-likeness (QED) is 0.303. The van der Waals surface area contributed by atoms with Gasteiger partial charge in [0.05, 0.1) is 21.7 Å². The number of nitro benzene ring substituents is 1. The Hall–Kier alpha value is -3.96. The van der Waals surface area contributed by atoms with E-state index < -0.39 is 73.1 Å². The van der Waals surface area contributed by atoms with E-state index in [4.69, 9.17) is 5.73 Å². The predicted octanol–water partition coefficient (Wildman–Crippen LogP) is 2.74. The van der Waals surface area contributed by atoms with Gasteiger partial charge in [-0.25, -0.2) is 18.0 Å². The molecular weight excluding hydrogens is 390 g/mol. The van der Waals surface area contributed by atoms with E-state index in [9.17, 15) is 42.4 Å². The molecule has 28 heavy (non-hydrogen) atoms. The molecule has 3 N–H and O–H groups in total. The molecule has 0 aliphatic rings. The van der Waals surface area contributed by atoms with E-state index in [0.717, 1.165) is 0 Å². The Morgan fingerprint density at radius 2 is 1.75 bits per heavy atom. The molecule has 0 spiro atoms. The van der Waals surface area contributed by atoms with Crippen molar-refractivity contribution < 1.29 is 32.4 Å². The SMILES string of the molecule is Nc1cc(-n2cc(C(=O)O)c(=O)c3cc(F)c(F)c([N+](=O)[O-])c32)c(F)cc1F. The molecule has 0 saturated carbocycles. The highest BCUT2D eigenvalue weighted by molar-refractivity contribution is 5.96. The van der Waals surface area contributed by atoms with Crippen molar-refractivity contribution in [3.05, 3.63) is 73.6 Å². The van der Waals surface area contributed by atoms with E-state index in [2.05, 4.69) is 0 Å². The normalized spacial score (nSPS) is 11.0. The average molecular weight is 397 g/mol. The number of carboxylic acids is 1. The molecule has 1 aromatic heterocycles. The van der Waals surface area contributed by atoms with Gasteiger partial charge in [-0.1, -0.05) is 0 Å². The lowest BCUT2D eigenvalue weighted by atomic mass is 10.1. The van der Waals surface area contributed by atoms with Gasteiger partial charge in [-0.15, -0.1) is 0 Å². The van der Waals surface area contributed by atoms with Gasteiger partial charge in [-0.05, 0) is 12.1 Å². The first-order valence-electron chi connectivity index (χ1n) is 7.24. The second kappa shape index (κ2) is 6.33. The van der Waals surface area contributed by atoms with Crippen molar-refractivity contribution in [1.82, 2.24) is 4.57 Å². The Bertz CT molecular complexity index is 1260. The number of nitrogens with zero attached hydrogens (tertiary/aromatic N) is 2. The second-order valence-corrected chi connectivity index (χ2v) is 5.55. The number of carbonyl (C=O) groups is 1. The molecule has 1 heterocycles. The first-order valence-corrected chi connectivity index (χ1v) is 7.24. The molecule has 0 unspecified atom stereocenters. The lowest BCUT2D eigenvalue weighted by Gasteiger charge is -2.14. The van der Waals surface area contributed by atoms with E-state index in [-0.39, 0.29) is 6.07 Å². The van der Waals surface area contributed by atoms with Gasteiger partial charge in [0.1, 0.15) is 22.7 Å². The Morgan fingerprint density at radius 3 is 2.32 bits per heavy atom. The molecule has 0 atom stereocenters. The molecule has 0 amide bonds. The number of rotatable bonds is 3. The lowest BCUT2D eigenvalue weighted by Crippen LogP contribution is -2.20. The number of aromatic carboxylic acids is 1. The summed E-state index contributed by atoms with van der Waals surface area (Å²) in [7, 11) is 0. The number of nitrogens with two attached hydrogens (primary N) is 1. The molecule has 0 fully saturated rings. The number of carboxylic acid groups (broad SMARTS) is 1. The minimum absolute atomic E-state index is 0.258. The number of pyridine rings is 1. The number of hydrogen-bond donors (Lipinski definition) is 2. The molecule has 0 aliphatic heterocycles. The van der Waals surface area contributed by atoms with Gasteiger partial charge in [-0.3, -0.25) is 14.9 Å². The Morgan fingerprint density at radius 1 is 1.11 bits per heavy atom. The van der Waals surface area contributed by atoms with Crippen LogP contribution in [0.15, 0.2) is 29.2 Å². The van der Waals surface area contributed by atoms with E-state index in [1.807, 2.05) is 0 Å². The van der Waals surface area contributed by atoms with Crippen molar-refractivity contribution in [2.75, 3.05) is 5.73 Å². The molecule has 2 aromatic carbocycles. The number of fused-ring (bicyclic) bond motifs is 1. The first kappa shape index (κ1) is 18.8. The number of nitro groups is 1. The molecule has 3 rings (SSSR count). The van der Waals surface area contributed by atoms with Crippen LogP contribution >= 0.6 is 0 Å².